The third-order valence-corrected chi connectivity index (χ3v) is 3.44. The Hall–Kier alpha value is -1.10. The second-order valence-corrected chi connectivity index (χ2v) is 4.18. The van der Waals surface area contributed by atoms with Crippen LogP contribution in [0.1, 0.15) is 39.5 Å². The van der Waals surface area contributed by atoms with Crippen molar-refractivity contribution >= 4 is 11.9 Å². The average Bonchev–Trinajstić information content (AvgIpc) is 2.27. The van der Waals surface area contributed by atoms with Gasteiger partial charge >= 0.3 is 11.9 Å². The van der Waals surface area contributed by atoms with Gasteiger partial charge in [0.05, 0.1) is 0 Å². The minimum atomic E-state index is -1.32. The van der Waals surface area contributed by atoms with Crippen molar-refractivity contribution in [1.82, 2.24) is 0 Å². The number of hydrogen-bond donors (Lipinski definition) is 2. The number of carboxylic acids is 2. The van der Waals surface area contributed by atoms with E-state index in [0.29, 0.717) is 25.7 Å². The molecule has 5 nitrogen and oxygen atoms in total. The summed E-state index contributed by atoms with van der Waals surface area (Å²) in [5.74, 6) is -2.23. The van der Waals surface area contributed by atoms with Crippen LogP contribution < -0.4 is 0 Å². The van der Waals surface area contributed by atoms with E-state index in [4.69, 9.17) is 9.84 Å². The second-order valence-electron chi connectivity index (χ2n) is 4.18. The Morgan fingerprint density at radius 2 is 1.94 bits per heavy atom. The van der Waals surface area contributed by atoms with Gasteiger partial charge in [0, 0.05) is 0 Å². The molecule has 0 saturated carbocycles. The van der Waals surface area contributed by atoms with Gasteiger partial charge in [-0.25, -0.2) is 9.59 Å². The lowest BCUT2D eigenvalue weighted by Crippen LogP contribution is -2.54. The van der Waals surface area contributed by atoms with Gasteiger partial charge in [-0.3, -0.25) is 0 Å². The summed E-state index contributed by atoms with van der Waals surface area (Å²) in [6.07, 6.45) is 0.979. The maximum atomic E-state index is 11.3. The fourth-order valence-corrected chi connectivity index (χ4v) is 2.45. The molecule has 0 bridgehead atoms. The van der Waals surface area contributed by atoms with Crippen molar-refractivity contribution in [2.24, 2.45) is 5.92 Å². The first-order valence-electron chi connectivity index (χ1n) is 5.62. The summed E-state index contributed by atoms with van der Waals surface area (Å²) >= 11 is 0. The lowest BCUT2D eigenvalue weighted by Gasteiger charge is -2.42. The molecule has 0 amide bonds. The summed E-state index contributed by atoms with van der Waals surface area (Å²) < 4.78 is 5.35. The summed E-state index contributed by atoms with van der Waals surface area (Å²) in [6, 6.07) is 0. The first-order chi connectivity index (χ1) is 7.47. The van der Waals surface area contributed by atoms with E-state index < -0.39 is 23.6 Å². The fourth-order valence-electron chi connectivity index (χ4n) is 2.45. The maximum Gasteiger partial charge on any atom is 0.336 e. The Morgan fingerprint density at radius 1 is 1.31 bits per heavy atom. The highest BCUT2D eigenvalue weighted by Gasteiger charge is 2.50. The van der Waals surface area contributed by atoms with Crippen LogP contribution in [0, 0.1) is 5.92 Å². The van der Waals surface area contributed by atoms with Crippen LogP contribution in [-0.4, -0.2) is 33.9 Å². The normalized spacial score (nSPS) is 34.6. The molecule has 0 spiro atoms. The van der Waals surface area contributed by atoms with Crippen LogP contribution >= 0.6 is 0 Å². The molecule has 1 fully saturated rings. The van der Waals surface area contributed by atoms with Crippen LogP contribution in [0.2, 0.25) is 0 Å². The Balaban J connectivity index is 2.97. The van der Waals surface area contributed by atoms with E-state index in [1.54, 1.807) is 6.92 Å². The van der Waals surface area contributed by atoms with Crippen LogP contribution in [0.25, 0.3) is 0 Å². The summed E-state index contributed by atoms with van der Waals surface area (Å²) in [5, 5.41) is 18.2. The quantitative estimate of drug-likeness (QED) is 0.764. The van der Waals surface area contributed by atoms with Gasteiger partial charge < -0.3 is 14.9 Å². The van der Waals surface area contributed by atoms with Crippen molar-refractivity contribution in [3.8, 4) is 0 Å². The van der Waals surface area contributed by atoms with Crippen LogP contribution in [0.5, 0.6) is 0 Å². The van der Waals surface area contributed by atoms with Gasteiger partial charge in [0.1, 0.15) is 0 Å². The molecule has 0 aromatic heterocycles. The highest BCUT2D eigenvalue weighted by atomic mass is 16.6. The van der Waals surface area contributed by atoms with E-state index in [-0.39, 0.29) is 5.92 Å². The third-order valence-electron chi connectivity index (χ3n) is 3.44. The molecule has 0 aromatic rings. The van der Waals surface area contributed by atoms with Crippen molar-refractivity contribution in [2.45, 2.75) is 51.2 Å². The van der Waals surface area contributed by atoms with Crippen molar-refractivity contribution < 1.29 is 24.5 Å². The summed E-state index contributed by atoms with van der Waals surface area (Å²) in [6.45, 7) is 3.63. The van der Waals surface area contributed by atoms with Crippen molar-refractivity contribution in [3.63, 3.8) is 0 Å². The highest BCUT2D eigenvalue weighted by molar-refractivity contribution is 5.80. The molecule has 1 saturated heterocycles. The Bertz CT molecular complexity index is 288. The third kappa shape index (κ3) is 2.04. The van der Waals surface area contributed by atoms with Gasteiger partial charge in [-0.1, -0.05) is 13.8 Å². The minimum Gasteiger partial charge on any atom is -0.479 e. The molecule has 1 aliphatic rings. The monoisotopic (exact) mass is 230 g/mol. The zero-order chi connectivity index (χ0) is 12.3. The number of aliphatic carboxylic acids is 2. The SMILES string of the molecule is CC[C@H]1CC[C@@H](C(=O)O)OC1(CC)C(=O)O. The van der Waals surface area contributed by atoms with E-state index in [1.807, 2.05) is 6.92 Å². The standard InChI is InChI=1S/C11H18O5/c1-3-7-5-6-8(9(12)13)16-11(7,4-2)10(14)15/h7-8H,3-6H2,1-2H3,(H,12,13)(H,14,15)/t7-,8-,11?/m0/s1. The molecular weight excluding hydrogens is 212 g/mol. The van der Waals surface area contributed by atoms with Crippen LogP contribution in [0.4, 0.5) is 0 Å². The minimum absolute atomic E-state index is 0.106. The maximum absolute atomic E-state index is 11.3. The van der Waals surface area contributed by atoms with Gasteiger partial charge in [0.15, 0.2) is 11.7 Å². The number of carbonyl (C=O) groups is 2. The van der Waals surface area contributed by atoms with Crippen molar-refractivity contribution in [3.05, 3.63) is 0 Å². The number of carboxylic acid groups (broad SMARTS) is 2. The molecule has 1 unspecified atom stereocenters. The van der Waals surface area contributed by atoms with Gasteiger partial charge in [-0.15, -0.1) is 0 Å². The first-order valence-corrected chi connectivity index (χ1v) is 5.62. The topological polar surface area (TPSA) is 83.8 Å². The van der Waals surface area contributed by atoms with Gasteiger partial charge in [0.2, 0.25) is 0 Å². The molecular formula is C11H18O5. The molecule has 0 radical (unpaired) electrons. The van der Waals surface area contributed by atoms with E-state index in [9.17, 15) is 14.7 Å². The lowest BCUT2D eigenvalue weighted by atomic mass is 9.77. The zero-order valence-corrected chi connectivity index (χ0v) is 9.60. The molecule has 16 heavy (non-hydrogen) atoms. The fraction of sp³-hybridized carbons (Fsp3) is 0.818. The number of rotatable bonds is 4. The zero-order valence-electron chi connectivity index (χ0n) is 9.60. The van der Waals surface area contributed by atoms with Crippen molar-refractivity contribution in [2.75, 3.05) is 0 Å². The molecule has 5 heteroatoms. The second kappa shape index (κ2) is 4.82. The average molecular weight is 230 g/mol. The molecule has 92 valence electrons. The summed E-state index contributed by atoms with van der Waals surface area (Å²) in [7, 11) is 0. The lowest BCUT2D eigenvalue weighted by molar-refractivity contribution is -0.206. The van der Waals surface area contributed by atoms with E-state index in [0.717, 1.165) is 0 Å². The van der Waals surface area contributed by atoms with Gasteiger partial charge in [0.25, 0.3) is 0 Å². The molecule has 1 heterocycles. The van der Waals surface area contributed by atoms with Crippen molar-refractivity contribution in [1.29, 1.82) is 0 Å². The first kappa shape index (κ1) is 13.0. The molecule has 2 N–H and O–H groups in total. The number of hydrogen-bond acceptors (Lipinski definition) is 3. The summed E-state index contributed by atoms with van der Waals surface area (Å²) in [4.78, 5) is 22.2. The number of ether oxygens (including phenoxy) is 1. The predicted molar refractivity (Wildman–Crippen MR) is 56.2 cm³/mol. The van der Waals surface area contributed by atoms with Crippen LogP contribution in [-0.2, 0) is 14.3 Å². The molecule has 0 aliphatic carbocycles. The Labute approximate surface area is 94.4 Å². The van der Waals surface area contributed by atoms with Crippen LogP contribution in [0.15, 0.2) is 0 Å². The van der Waals surface area contributed by atoms with E-state index in [2.05, 4.69) is 0 Å². The molecule has 1 rings (SSSR count). The van der Waals surface area contributed by atoms with E-state index in [1.165, 1.54) is 0 Å². The van der Waals surface area contributed by atoms with Gasteiger partial charge in [-0.2, -0.15) is 0 Å². The smallest absolute Gasteiger partial charge is 0.336 e. The van der Waals surface area contributed by atoms with Gasteiger partial charge in [-0.05, 0) is 31.6 Å². The molecule has 3 atom stereocenters. The summed E-state index contributed by atoms with van der Waals surface area (Å²) in [5.41, 5.74) is -1.32. The largest absolute Gasteiger partial charge is 0.479 e. The predicted octanol–water partition coefficient (Wildman–Crippen LogP) is 1.51. The molecule has 0 aromatic carbocycles. The van der Waals surface area contributed by atoms with E-state index >= 15 is 0 Å². The van der Waals surface area contributed by atoms with Crippen LogP contribution in [0.3, 0.4) is 0 Å². The Morgan fingerprint density at radius 3 is 2.31 bits per heavy atom. The Kier molecular flexibility index (Phi) is 3.91. The molecule has 1 aliphatic heterocycles. The highest BCUT2D eigenvalue weighted by Crippen LogP contribution is 2.39.